The molecule has 0 saturated carbocycles. The van der Waals surface area contributed by atoms with Crippen molar-refractivity contribution in [2.24, 2.45) is 0 Å². The molecule has 2 aromatic rings. The molecule has 21 heavy (non-hydrogen) atoms. The maximum Gasteiger partial charge on any atom is 0.202 e. The first kappa shape index (κ1) is 13.8. The molecule has 5 heteroatoms. The minimum atomic E-state index is 0.375. The van der Waals surface area contributed by atoms with E-state index in [9.17, 15) is 0 Å². The van der Waals surface area contributed by atoms with Crippen molar-refractivity contribution in [3.05, 3.63) is 36.2 Å². The number of benzene rings is 1. The first-order valence-corrected chi connectivity index (χ1v) is 7.38. The van der Waals surface area contributed by atoms with Crippen molar-refractivity contribution in [3.8, 4) is 11.5 Å². The van der Waals surface area contributed by atoms with E-state index in [-0.39, 0.29) is 0 Å². The van der Waals surface area contributed by atoms with E-state index in [1.165, 1.54) is 5.56 Å². The monoisotopic (exact) mass is 287 g/mol. The predicted octanol–water partition coefficient (Wildman–Crippen LogP) is 2.72. The van der Waals surface area contributed by atoms with E-state index >= 15 is 0 Å². The summed E-state index contributed by atoms with van der Waals surface area (Å²) < 4.78 is 13.3. The fraction of sp³-hybridized carbons (Fsp3) is 0.438. The van der Waals surface area contributed by atoms with Gasteiger partial charge in [-0.25, -0.2) is 4.98 Å². The van der Waals surface area contributed by atoms with Gasteiger partial charge in [0.25, 0.3) is 0 Å². The van der Waals surface area contributed by atoms with E-state index in [1.54, 1.807) is 0 Å². The quantitative estimate of drug-likeness (QED) is 0.918. The number of nitrogens with zero attached hydrogens (tertiary/aromatic N) is 2. The molecule has 0 radical (unpaired) electrons. The van der Waals surface area contributed by atoms with Gasteiger partial charge >= 0.3 is 0 Å². The van der Waals surface area contributed by atoms with Gasteiger partial charge in [0.1, 0.15) is 13.2 Å². The zero-order valence-corrected chi connectivity index (χ0v) is 12.5. The first-order valence-electron chi connectivity index (χ1n) is 7.38. The van der Waals surface area contributed by atoms with Crippen LogP contribution in [0.1, 0.15) is 19.4 Å². The van der Waals surface area contributed by atoms with Gasteiger partial charge in [-0.05, 0) is 38.0 Å². The summed E-state index contributed by atoms with van der Waals surface area (Å²) in [5.41, 5.74) is 1.24. The summed E-state index contributed by atoms with van der Waals surface area (Å²) >= 11 is 0. The van der Waals surface area contributed by atoms with Crippen molar-refractivity contribution in [1.82, 2.24) is 9.55 Å². The lowest BCUT2D eigenvalue weighted by Crippen LogP contribution is -2.16. The fourth-order valence-electron chi connectivity index (χ4n) is 2.38. The van der Waals surface area contributed by atoms with Crippen LogP contribution in [0.2, 0.25) is 0 Å². The summed E-state index contributed by atoms with van der Waals surface area (Å²) in [4.78, 5) is 4.35. The number of nitrogens with one attached hydrogen (secondary N) is 1. The molecule has 3 rings (SSSR count). The number of anilines is 1. The summed E-state index contributed by atoms with van der Waals surface area (Å²) in [5.74, 6) is 2.61. The van der Waals surface area contributed by atoms with E-state index in [0.717, 1.165) is 30.4 Å². The van der Waals surface area contributed by atoms with Crippen molar-refractivity contribution in [3.63, 3.8) is 0 Å². The summed E-state index contributed by atoms with van der Waals surface area (Å²) in [5, 5.41) is 3.35. The Balaban J connectivity index is 1.66. The van der Waals surface area contributed by atoms with Crippen LogP contribution in [0.15, 0.2) is 30.6 Å². The van der Waals surface area contributed by atoms with Gasteiger partial charge in [-0.1, -0.05) is 6.07 Å². The Labute approximate surface area is 124 Å². The first-order chi connectivity index (χ1) is 10.2. The Kier molecular flexibility index (Phi) is 3.99. The predicted molar refractivity (Wildman–Crippen MR) is 82.1 cm³/mol. The molecule has 0 bridgehead atoms. The van der Waals surface area contributed by atoms with E-state index in [2.05, 4.69) is 40.8 Å². The molecule has 0 fully saturated rings. The molecule has 2 heterocycles. The average Bonchev–Trinajstić information content (AvgIpc) is 2.91. The highest BCUT2D eigenvalue weighted by Gasteiger charge is 2.12. The number of fused-ring (bicyclic) bond motifs is 1. The number of rotatable bonds is 5. The van der Waals surface area contributed by atoms with Crippen molar-refractivity contribution in [2.45, 2.75) is 32.9 Å². The Morgan fingerprint density at radius 1 is 1.24 bits per heavy atom. The van der Waals surface area contributed by atoms with Crippen LogP contribution in [0.25, 0.3) is 0 Å². The largest absolute Gasteiger partial charge is 0.486 e. The Bertz CT molecular complexity index is 607. The van der Waals surface area contributed by atoms with E-state index < -0.39 is 0 Å². The van der Waals surface area contributed by atoms with Crippen LogP contribution >= 0.6 is 0 Å². The molecule has 1 N–H and O–H groups in total. The highest BCUT2D eigenvalue weighted by Crippen LogP contribution is 2.31. The Morgan fingerprint density at radius 3 is 2.86 bits per heavy atom. The second kappa shape index (κ2) is 6.08. The summed E-state index contributed by atoms with van der Waals surface area (Å²) in [6, 6.07) is 6.53. The van der Waals surface area contributed by atoms with Crippen LogP contribution in [-0.4, -0.2) is 28.8 Å². The molecular weight excluding hydrogens is 266 g/mol. The number of ether oxygens (including phenoxy) is 2. The van der Waals surface area contributed by atoms with Crippen molar-refractivity contribution in [1.29, 1.82) is 0 Å². The lowest BCUT2D eigenvalue weighted by molar-refractivity contribution is 0.171. The Morgan fingerprint density at radius 2 is 2.05 bits per heavy atom. The standard InChI is InChI=1S/C16H21N3O2/c1-12(2)18-16-17-6-8-19(16)7-5-13-3-4-14-15(11-13)21-10-9-20-14/h3-4,6,8,11-12H,5,7,9-10H2,1-2H3,(H,17,18). The Hall–Kier alpha value is -2.17. The summed E-state index contributed by atoms with van der Waals surface area (Å²) in [6.45, 7) is 6.36. The second-order valence-electron chi connectivity index (χ2n) is 5.47. The van der Waals surface area contributed by atoms with Gasteiger partial charge in [-0.15, -0.1) is 0 Å². The lowest BCUT2D eigenvalue weighted by Gasteiger charge is -2.19. The van der Waals surface area contributed by atoms with Crippen molar-refractivity contribution >= 4 is 5.95 Å². The van der Waals surface area contributed by atoms with E-state index in [0.29, 0.717) is 19.3 Å². The molecule has 0 unspecified atom stereocenters. The van der Waals surface area contributed by atoms with Crippen molar-refractivity contribution < 1.29 is 9.47 Å². The van der Waals surface area contributed by atoms with Crippen LogP contribution < -0.4 is 14.8 Å². The smallest absolute Gasteiger partial charge is 0.202 e. The molecule has 1 aliphatic rings. The van der Waals surface area contributed by atoms with Gasteiger partial charge in [0, 0.05) is 25.0 Å². The van der Waals surface area contributed by atoms with Gasteiger partial charge in [0.2, 0.25) is 5.95 Å². The molecule has 0 atom stereocenters. The van der Waals surface area contributed by atoms with Crippen LogP contribution in [0.3, 0.4) is 0 Å². The second-order valence-corrected chi connectivity index (χ2v) is 5.47. The van der Waals surface area contributed by atoms with Gasteiger partial charge in [0.05, 0.1) is 0 Å². The molecule has 5 nitrogen and oxygen atoms in total. The van der Waals surface area contributed by atoms with E-state index in [4.69, 9.17) is 9.47 Å². The van der Waals surface area contributed by atoms with Gasteiger partial charge in [-0.3, -0.25) is 0 Å². The van der Waals surface area contributed by atoms with Gasteiger partial charge in [0.15, 0.2) is 11.5 Å². The molecule has 0 amide bonds. The highest BCUT2D eigenvalue weighted by molar-refractivity contribution is 5.43. The molecule has 1 aliphatic heterocycles. The fourth-order valence-corrected chi connectivity index (χ4v) is 2.38. The third kappa shape index (κ3) is 3.29. The average molecular weight is 287 g/mol. The molecule has 0 spiro atoms. The van der Waals surface area contributed by atoms with Crippen LogP contribution in [0, 0.1) is 0 Å². The lowest BCUT2D eigenvalue weighted by atomic mass is 10.1. The van der Waals surface area contributed by atoms with Crippen LogP contribution in [0.4, 0.5) is 5.95 Å². The topological polar surface area (TPSA) is 48.3 Å². The molecular formula is C16H21N3O2. The number of aryl methyl sites for hydroxylation is 2. The maximum absolute atomic E-state index is 5.62. The summed E-state index contributed by atoms with van der Waals surface area (Å²) in [7, 11) is 0. The molecule has 1 aromatic heterocycles. The summed E-state index contributed by atoms with van der Waals surface area (Å²) in [6.07, 6.45) is 4.76. The number of aromatic nitrogens is 2. The minimum Gasteiger partial charge on any atom is -0.486 e. The molecule has 0 saturated heterocycles. The third-order valence-corrected chi connectivity index (χ3v) is 3.38. The normalized spacial score (nSPS) is 13.5. The minimum absolute atomic E-state index is 0.375. The SMILES string of the molecule is CC(C)Nc1nccn1CCc1ccc2c(c1)OCCO2. The third-order valence-electron chi connectivity index (χ3n) is 3.38. The zero-order valence-electron chi connectivity index (χ0n) is 12.5. The molecule has 112 valence electrons. The zero-order chi connectivity index (χ0) is 14.7. The number of hydrogen-bond acceptors (Lipinski definition) is 4. The molecule has 0 aliphatic carbocycles. The maximum atomic E-state index is 5.62. The van der Waals surface area contributed by atoms with Crippen LogP contribution in [0.5, 0.6) is 11.5 Å². The number of imidazole rings is 1. The molecule has 1 aromatic carbocycles. The van der Waals surface area contributed by atoms with E-state index in [1.807, 2.05) is 18.5 Å². The highest BCUT2D eigenvalue weighted by atomic mass is 16.6. The number of hydrogen-bond donors (Lipinski definition) is 1. The van der Waals surface area contributed by atoms with Gasteiger partial charge < -0.3 is 19.4 Å². The van der Waals surface area contributed by atoms with Crippen LogP contribution in [-0.2, 0) is 13.0 Å². The van der Waals surface area contributed by atoms with Crippen molar-refractivity contribution in [2.75, 3.05) is 18.5 Å². The van der Waals surface area contributed by atoms with Gasteiger partial charge in [-0.2, -0.15) is 0 Å².